The fourth-order valence-corrected chi connectivity index (χ4v) is 5.05. The second-order valence-electron chi connectivity index (χ2n) is 8.80. The number of alkyl halides is 2. The first-order valence-electron chi connectivity index (χ1n) is 11.6. The molecule has 0 N–H and O–H groups in total. The molecule has 0 bridgehead atoms. The first-order valence-corrected chi connectivity index (χ1v) is 11.6. The number of rotatable bonds is 6. The molecule has 0 aromatic heterocycles. The molecule has 3 nitrogen and oxygen atoms in total. The Morgan fingerprint density at radius 2 is 1.52 bits per heavy atom. The van der Waals surface area contributed by atoms with Gasteiger partial charge in [-0.3, -0.25) is 0 Å². The number of esters is 1. The molecule has 2 aromatic rings. The highest BCUT2D eigenvalue weighted by atomic mass is 19.2. The lowest BCUT2D eigenvalue weighted by Crippen LogP contribution is -2.25. The molecule has 0 aliphatic heterocycles. The van der Waals surface area contributed by atoms with Crippen LogP contribution in [-0.2, 0) is 4.74 Å². The number of fused-ring (bicyclic) bond motifs is 3. The van der Waals surface area contributed by atoms with Gasteiger partial charge in [0.25, 0.3) is 0 Å². The van der Waals surface area contributed by atoms with E-state index < -0.39 is 46.6 Å². The average Bonchev–Trinajstić information content (AvgIpc) is 2.80. The summed E-state index contributed by atoms with van der Waals surface area (Å²) in [4.78, 5) is 12.7. The Hall–Kier alpha value is -2.57. The Morgan fingerprint density at radius 3 is 2.12 bits per heavy atom. The molecule has 2 aromatic carbocycles. The highest BCUT2D eigenvalue weighted by Gasteiger charge is 2.40. The van der Waals surface area contributed by atoms with Gasteiger partial charge in [-0.2, -0.15) is 0 Å². The SMILES string of the molecule is CCCC1CCC(OC(=O)c2ccc3c(c2F)C(F)C(F)c2c-3ccc(OCC)c2F)CC1. The van der Waals surface area contributed by atoms with E-state index in [-0.39, 0.29) is 29.6 Å². The third kappa shape index (κ3) is 4.34. The molecule has 7 heteroatoms. The Labute approximate surface area is 191 Å². The smallest absolute Gasteiger partial charge is 0.341 e. The molecule has 2 aliphatic rings. The molecule has 33 heavy (non-hydrogen) atoms. The third-order valence-electron chi connectivity index (χ3n) is 6.71. The fraction of sp³-hybridized carbons (Fsp3) is 0.500. The van der Waals surface area contributed by atoms with Crippen molar-refractivity contribution in [3.63, 3.8) is 0 Å². The number of benzene rings is 2. The van der Waals surface area contributed by atoms with E-state index in [1.807, 2.05) is 0 Å². The summed E-state index contributed by atoms with van der Waals surface area (Å²) in [7, 11) is 0. The van der Waals surface area contributed by atoms with Crippen molar-refractivity contribution in [2.45, 2.75) is 70.8 Å². The molecule has 178 valence electrons. The number of halogens is 4. The summed E-state index contributed by atoms with van der Waals surface area (Å²) in [5.74, 6) is -2.63. The van der Waals surface area contributed by atoms with Crippen molar-refractivity contribution in [3.05, 3.63) is 52.6 Å². The number of hydrogen-bond donors (Lipinski definition) is 0. The lowest BCUT2D eigenvalue weighted by molar-refractivity contribution is 0.0156. The van der Waals surface area contributed by atoms with E-state index in [1.165, 1.54) is 24.3 Å². The van der Waals surface area contributed by atoms with E-state index in [4.69, 9.17) is 9.47 Å². The lowest BCUT2D eigenvalue weighted by atomic mass is 9.81. The van der Waals surface area contributed by atoms with E-state index in [0.717, 1.165) is 25.7 Å². The molecule has 1 fully saturated rings. The molecule has 0 amide bonds. The van der Waals surface area contributed by atoms with Gasteiger partial charge in [-0.05, 0) is 61.8 Å². The van der Waals surface area contributed by atoms with Crippen LogP contribution in [-0.4, -0.2) is 18.7 Å². The normalized spacial score (nSPS) is 24.1. The minimum Gasteiger partial charge on any atom is -0.491 e. The average molecular weight is 464 g/mol. The van der Waals surface area contributed by atoms with Crippen molar-refractivity contribution in [1.29, 1.82) is 0 Å². The van der Waals surface area contributed by atoms with Crippen LogP contribution >= 0.6 is 0 Å². The van der Waals surface area contributed by atoms with Gasteiger partial charge in [0.2, 0.25) is 0 Å². The summed E-state index contributed by atoms with van der Waals surface area (Å²) in [6.07, 6.45) is 0.334. The minimum absolute atomic E-state index is 0.0162. The largest absolute Gasteiger partial charge is 0.491 e. The first kappa shape index (κ1) is 23.6. The van der Waals surface area contributed by atoms with Crippen LogP contribution in [0.25, 0.3) is 11.1 Å². The van der Waals surface area contributed by atoms with Gasteiger partial charge in [0, 0.05) is 11.1 Å². The van der Waals surface area contributed by atoms with Gasteiger partial charge in [-0.25, -0.2) is 22.4 Å². The van der Waals surface area contributed by atoms with Crippen molar-refractivity contribution >= 4 is 5.97 Å². The summed E-state index contributed by atoms with van der Waals surface area (Å²) in [5, 5.41) is 0. The molecule has 2 unspecified atom stereocenters. The predicted molar refractivity (Wildman–Crippen MR) is 117 cm³/mol. The Balaban J connectivity index is 1.62. The molecular weight excluding hydrogens is 436 g/mol. The topological polar surface area (TPSA) is 35.5 Å². The number of carbonyl (C=O) groups is 1. The Kier molecular flexibility index (Phi) is 6.96. The predicted octanol–water partition coefficient (Wildman–Crippen LogP) is 7.58. The van der Waals surface area contributed by atoms with Gasteiger partial charge in [-0.15, -0.1) is 0 Å². The summed E-state index contributed by atoms with van der Waals surface area (Å²) in [6, 6.07) is 5.21. The standard InChI is InChI=1S/C26H28F4O3/c1-3-5-14-6-8-15(9-7-14)33-26(31)18-11-10-16-17-12-13-19(32-4-2)23(28)21(17)25(30)24(29)20(16)22(18)27/h10-15,24-25H,3-9H2,1-2H3. The van der Waals surface area contributed by atoms with Gasteiger partial charge < -0.3 is 9.47 Å². The van der Waals surface area contributed by atoms with E-state index in [0.29, 0.717) is 18.8 Å². The Bertz CT molecular complexity index is 1030. The van der Waals surface area contributed by atoms with Crippen molar-refractivity contribution in [2.24, 2.45) is 5.92 Å². The second-order valence-corrected chi connectivity index (χ2v) is 8.80. The summed E-state index contributed by atoms with van der Waals surface area (Å²) in [6.45, 7) is 3.93. The van der Waals surface area contributed by atoms with Gasteiger partial charge in [0.1, 0.15) is 11.9 Å². The summed E-state index contributed by atoms with van der Waals surface area (Å²) in [5.41, 5.74) is -1.46. The second kappa shape index (κ2) is 9.74. The molecule has 0 spiro atoms. The Morgan fingerprint density at radius 1 is 0.909 bits per heavy atom. The fourth-order valence-electron chi connectivity index (χ4n) is 5.05. The monoisotopic (exact) mass is 464 g/mol. The van der Waals surface area contributed by atoms with Crippen LogP contribution in [0.15, 0.2) is 24.3 Å². The van der Waals surface area contributed by atoms with Crippen LogP contribution in [0.1, 0.15) is 86.2 Å². The molecule has 1 saturated carbocycles. The van der Waals surface area contributed by atoms with Gasteiger partial charge in [-0.1, -0.05) is 31.9 Å². The summed E-state index contributed by atoms with van der Waals surface area (Å²) < 4.78 is 70.8. The third-order valence-corrected chi connectivity index (χ3v) is 6.71. The zero-order valence-corrected chi connectivity index (χ0v) is 18.8. The molecule has 4 rings (SSSR count). The first-order chi connectivity index (χ1) is 15.9. The number of hydrogen-bond acceptors (Lipinski definition) is 3. The highest BCUT2D eigenvalue weighted by molar-refractivity contribution is 5.92. The molecule has 2 aliphatic carbocycles. The quantitative estimate of drug-likeness (QED) is 0.327. The van der Waals surface area contributed by atoms with Crippen LogP contribution in [0.5, 0.6) is 5.75 Å². The lowest BCUT2D eigenvalue weighted by Gasteiger charge is -2.29. The van der Waals surface area contributed by atoms with Crippen LogP contribution in [0, 0.1) is 17.6 Å². The molecular formula is C26H28F4O3. The van der Waals surface area contributed by atoms with Crippen LogP contribution in [0.3, 0.4) is 0 Å². The van der Waals surface area contributed by atoms with Crippen molar-refractivity contribution in [1.82, 2.24) is 0 Å². The number of ether oxygens (including phenoxy) is 2. The van der Waals surface area contributed by atoms with Gasteiger partial charge >= 0.3 is 5.97 Å². The van der Waals surface area contributed by atoms with Crippen molar-refractivity contribution in [2.75, 3.05) is 6.61 Å². The van der Waals surface area contributed by atoms with Crippen LogP contribution in [0.2, 0.25) is 0 Å². The van der Waals surface area contributed by atoms with Crippen LogP contribution < -0.4 is 4.74 Å². The van der Waals surface area contributed by atoms with E-state index in [9.17, 15) is 13.6 Å². The van der Waals surface area contributed by atoms with E-state index in [2.05, 4.69) is 6.92 Å². The zero-order chi connectivity index (χ0) is 23.7. The van der Waals surface area contributed by atoms with E-state index >= 15 is 8.78 Å². The van der Waals surface area contributed by atoms with Gasteiger partial charge in [0.15, 0.2) is 23.9 Å². The molecule has 2 atom stereocenters. The maximum atomic E-state index is 15.3. The van der Waals surface area contributed by atoms with Gasteiger partial charge in [0.05, 0.1) is 12.2 Å². The minimum atomic E-state index is -2.46. The molecule has 0 radical (unpaired) electrons. The highest BCUT2D eigenvalue weighted by Crippen LogP contribution is 2.51. The maximum Gasteiger partial charge on any atom is 0.341 e. The van der Waals surface area contributed by atoms with Crippen molar-refractivity contribution < 1.29 is 31.8 Å². The van der Waals surface area contributed by atoms with Crippen LogP contribution in [0.4, 0.5) is 17.6 Å². The maximum absolute atomic E-state index is 15.3. The van der Waals surface area contributed by atoms with Crippen molar-refractivity contribution in [3.8, 4) is 16.9 Å². The van der Waals surface area contributed by atoms with E-state index in [1.54, 1.807) is 6.92 Å². The molecule has 0 saturated heterocycles. The molecule has 0 heterocycles. The summed E-state index contributed by atoms with van der Waals surface area (Å²) >= 11 is 0. The zero-order valence-electron chi connectivity index (χ0n) is 18.8. The number of carbonyl (C=O) groups excluding carboxylic acids is 1.